The Balaban J connectivity index is 1.25. The summed E-state index contributed by atoms with van der Waals surface area (Å²) in [5, 5.41) is -0.676. The molecule has 2 fully saturated rings. The lowest BCUT2D eigenvalue weighted by atomic mass is 9.90. The molecule has 3 heterocycles. The van der Waals surface area contributed by atoms with Gasteiger partial charge in [0.15, 0.2) is 10.8 Å². The highest BCUT2D eigenvalue weighted by Gasteiger charge is 2.41. The van der Waals surface area contributed by atoms with Crippen molar-refractivity contribution in [2.75, 3.05) is 13.1 Å². The SMILES string of the molecule is C[C@@H]1[C@@H](c2ccc(OC3CCN(C4CCC4)CC3)cc2)Oc2cccnc2S1(=O)=O. The Labute approximate surface area is 178 Å². The van der Waals surface area contributed by atoms with E-state index >= 15 is 0 Å². The van der Waals surface area contributed by atoms with Crippen LogP contribution in [0, 0.1) is 0 Å². The molecule has 6 nitrogen and oxygen atoms in total. The lowest BCUT2D eigenvalue weighted by molar-refractivity contribution is 0.0493. The molecule has 1 aromatic heterocycles. The van der Waals surface area contributed by atoms with Gasteiger partial charge in [0, 0.05) is 25.3 Å². The van der Waals surface area contributed by atoms with Gasteiger partial charge in [-0.1, -0.05) is 18.6 Å². The molecule has 2 aliphatic heterocycles. The molecule has 0 bridgehead atoms. The summed E-state index contributed by atoms with van der Waals surface area (Å²) in [6.45, 7) is 3.91. The summed E-state index contributed by atoms with van der Waals surface area (Å²) < 4.78 is 37.9. The highest BCUT2D eigenvalue weighted by atomic mass is 32.2. The Bertz CT molecular complexity index is 996. The molecule has 1 aliphatic carbocycles. The molecule has 0 amide bonds. The van der Waals surface area contributed by atoms with E-state index in [1.165, 1.54) is 25.5 Å². The quantitative estimate of drug-likeness (QED) is 0.738. The van der Waals surface area contributed by atoms with Gasteiger partial charge in [-0.25, -0.2) is 13.4 Å². The average molecular weight is 429 g/mol. The minimum atomic E-state index is -3.53. The first-order valence-corrected chi connectivity index (χ1v) is 12.4. The van der Waals surface area contributed by atoms with Gasteiger partial charge in [-0.3, -0.25) is 0 Å². The van der Waals surface area contributed by atoms with Gasteiger partial charge in [-0.15, -0.1) is 0 Å². The molecule has 3 aliphatic rings. The zero-order valence-corrected chi connectivity index (χ0v) is 18.1. The number of piperidine rings is 1. The maximum absolute atomic E-state index is 12.8. The van der Waals surface area contributed by atoms with Crippen molar-refractivity contribution < 1.29 is 17.9 Å². The van der Waals surface area contributed by atoms with E-state index in [1.807, 2.05) is 24.3 Å². The molecule has 0 spiro atoms. The van der Waals surface area contributed by atoms with Crippen molar-refractivity contribution in [3.05, 3.63) is 48.2 Å². The number of pyridine rings is 1. The topological polar surface area (TPSA) is 68.7 Å². The lowest BCUT2D eigenvalue weighted by Crippen LogP contribution is -2.46. The van der Waals surface area contributed by atoms with Gasteiger partial charge in [0.25, 0.3) is 0 Å². The van der Waals surface area contributed by atoms with Crippen LogP contribution in [-0.4, -0.2) is 48.8 Å². The number of rotatable bonds is 4. The standard InChI is InChI=1S/C23H28N2O4S/c1-16-22(29-21-6-3-13-24-23(21)30(16,26)27)17-7-9-19(10-8-17)28-20-11-14-25(15-12-20)18-4-2-5-18/h3,6-10,13,16,18,20,22H,2,4-5,11-12,14-15H2,1H3/t16-,22+/m1/s1. The first-order chi connectivity index (χ1) is 14.5. The normalized spacial score (nSPS) is 27.0. The third kappa shape index (κ3) is 3.58. The molecule has 0 unspecified atom stereocenters. The van der Waals surface area contributed by atoms with Crippen molar-refractivity contribution in [2.24, 2.45) is 0 Å². The minimum Gasteiger partial charge on any atom is -0.490 e. The number of benzene rings is 1. The number of fused-ring (bicyclic) bond motifs is 1. The number of hydrogen-bond acceptors (Lipinski definition) is 6. The fourth-order valence-electron chi connectivity index (χ4n) is 4.63. The summed E-state index contributed by atoms with van der Waals surface area (Å²) in [5.74, 6) is 1.15. The minimum absolute atomic E-state index is 0.0296. The summed E-state index contributed by atoms with van der Waals surface area (Å²) >= 11 is 0. The van der Waals surface area contributed by atoms with Gasteiger partial charge in [-0.2, -0.15) is 0 Å². The fraction of sp³-hybridized carbons (Fsp3) is 0.522. The van der Waals surface area contributed by atoms with E-state index in [1.54, 1.807) is 19.1 Å². The third-order valence-electron chi connectivity index (χ3n) is 6.75. The van der Waals surface area contributed by atoms with Crippen LogP contribution >= 0.6 is 0 Å². The van der Waals surface area contributed by atoms with E-state index in [4.69, 9.17) is 9.47 Å². The van der Waals surface area contributed by atoms with Crippen molar-refractivity contribution in [1.82, 2.24) is 9.88 Å². The van der Waals surface area contributed by atoms with Crippen LogP contribution in [-0.2, 0) is 9.84 Å². The van der Waals surface area contributed by atoms with Gasteiger partial charge in [0.2, 0.25) is 9.84 Å². The molecule has 30 heavy (non-hydrogen) atoms. The van der Waals surface area contributed by atoms with Crippen molar-refractivity contribution >= 4 is 9.84 Å². The Morgan fingerprint density at radius 1 is 1.07 bits per heavy atom. The Morgan fingerprint density at radius 3 is 2.47 bits per heavy atom. The van der Waals surface area contributed by atoms with Crippen LogP contribution < -0.4 is 9.47 Å². The number of likely N-dealkylation sites (tertiary alicyclic amines) is 1. The van der Waals surface area contributed by atoms with E-state index in [0.717, 1.165) is 43.3 Å². The van der Waals surface area contributed by atoms with Crippen molar-refractivity contribution in [2.45, 2.75) is 67.6 Å². The first kappa shape index (κ1) is 19.8. The zero-order chi connectivity index (χ0) is 20.7. The molecule has 160 valence electrons. The van der Waals surface area contributed by atoms with E-state index in [-0.39, 0.29) is 11.1 Å². The van der Waals surface area contributed by atoms with Crippen LogP contribution in [0.3, 0.4) is 0 Å². The number of nitrogens with zero attached hydrogens (tertiary/aromatic N) is 2. The smallest absolute Gasteiger partial charge is 0.205 e. The maximum Gasteiger partial charge on any atom is 0.205 e. The zero-order valence-electron chi connectivity index (χ0n) is 17.2. The largest absolute Gasteiger partial charge is 0.490 e. The number of ether oxygens (including phenoxy) is 2. The van der Waals surface area contributed by atoms with Crippen LogP contribution in [0.2, 0.25) is 0 Å². The predicted octanol–water partition coefficient (Wildman–Crippen LogP) is 3.77. The second kappa shape index (κ2) is 7.85. The van der Waals surface area contributed by atoms with Crippen LogP contribution in [0.5, 0.6) is 11.5 Å². The number of aromatic nitrogens is 1. The van der Waals surface area contributed by atoms with Crippen molar-refractivity contribution in [3.8, 4) is 11.5 Å². The molecule has 7 heteroatoms. The molecule has 5 rings (SSSR count). The summed E-state index contributed by atoms with van der Waals surface area (Å²) in [4.78, 5) is 6.63. The summed E-state index contributed by atoms with van der Waals surface area (Å²) in [6.07, 6.45) is 7.36. The van der Waals surface area contributed by atoms with Gasteiger partial charge in [-0.05, 0) is 62.4 Å². The predicted molar refractivity (Wildman–Crippen MR) is 114 cm³/mol. The molecule has 1 saturated carbocycles. The first-order valence-electron chi connectivity index (χ1n) is 10.9. The molecular formula is C23H28N2O4S. The maximum atomic E-state index is 12.8. The third-order valence-corrected chi connectivity index (χ3v) is 8.83. The second-order valence-corrected chi connectivity index (χ2v) is 10.8. The summed E-state index contributed by atoms with van der Waals surface area (Å²) in [5.41, 5.74) is 0.827. The molecule has 2 atom stereocenters. The molecule has 0 radical (unpaired) electrons. The van der Waals surface area contributed by atoms with Crippen LogP contribution in [0.15, 0.2) is 47.6 Å². The van der Waals surface area contributed by atoms with E-state index in [2.05, 4.69) is 9.88 Å². The van der Waals surface area contributed by atoms with Gasteiger partial charge < -0.3 is 14.4 Å². The van der Waals surface area contributed by atoms with E-state index in [0.29, 0.717) is 5.75 Å². The fourth-order valence-corrected chi connectivity index (χ4v) is 6.12. The lowest BCUT2D eigenvalue weighted by Gasteiger charge is -2.41. The summed E-state index contributed by atoms with van der Waals surface area (Å²) in [7, 11) is -3.53. The van der Waals surface area contributed by atoms with Gasteiger partial charge in [0.05, 0.1) is 0 Å². The van der Waals surface area contributed by atoms with Gasteiger partial charge >= 0.3 is 0 Å². The average Bonchev–Trinajstić information content (AvgIpc) is 2.72. The highest BCUT2D eigenvalue weighted by molar-refractivity contribution is 7.92. The van der Waals surface area contributed by atoms with Gasteiger partial charge in [0.1, 0.15) is 23.2 Å². The Hall–Kier alpha value is -2.12. The van der Waals surface area contributed by atoms with Crippen LogP contribution in [0.4, 0.5) is 0 Å². The second-order valence-electron chi connectivity index (χ2n) is 8.60. The summed E-state index contributed by atoms with van der Waals surface area (Å²) in [6, 6.07) is 11.8. The van der Waals surface area contributed by atoms with E-state index in [9.17, 15) is 8.42 Å². The molecule has 1 aromatic carbocycles. The molecule has 2 aromatic rings. The highest BCUT2D eigenvalue weighted by Crippen LogP contribution is 2.40. The van der Waals surface area contributed by atoms with Crippen molar-refractivity contribution in [1.29, 1.82) is 0 Å². The molecular weight excluding hydrogens is 400 g/mol. The Morgan fingerprint density at radius 2 is 1.80 bits per heavy atom. The molecule has 0 N–H and O–H groups in total. The van der Waals surface area contributed by atoms with Crippen LogP contribution in [0.1, 0.15) is 50.7 Å². The monoisotopic (exact) mass is 428 g/mol. The Kier molecular flexibility index (Phi) is 5.19. The number of sulfone groups is 1. The van der Waals surface area contributed by atoms with Crippen LogP contribution in [0.25, 0.3) is 0 Å². The molecule has 1 saturated heterocycles. The number of hydrogen-bond donors (Lipinski definition) is 0. The van der Waals surface area contributed by atoms with Crippen molar-refractivity contribution in [3.63, 3.8) is 0 Å². The van der Waals surface area contributed by atoms with E-state index < -0.39 is 21.2 Å².